The van der Waals surface area contributed by atoms with Gasteiger partial charge in [-0.1, -0.05) is 23.2 Å². The summed E-state index contributed by atoms with van der Waals surface area (Å²) in [4.78, 5) is 13.9. The minimum Gasteiger partial charge on any atom is -0.396 e. The van der Waals surface area contributed by atoms with Crippen LogP contribution < -0.4 is 5.73 Å². The molecule has 0 bridgehead atoms. The second-order valence-corrected chi connectivity index (χ2v) is 5.26. The number of hydrogen-bond acceptors (Lipinski definition) is 3. The second kappa shape index (κ2) is 5.34. The Morgan fingerprint density at radius 1 is 1.44 bits per heavy atom. The number of halogens is 2. The van der Waals surface area contributed by atoms with Crippen molar-refractivity contribution in [3.05, 3.63) is 27.7 Å². The third kappa shape index (κ3) is 2.55. The van der Waals surface area contributed by atoms with Gasteiger partial charge in [-0.15, -0.1) is 0 Å². The van der Waals surface area contributed by atoms with E-state index < -0.39 is 0 Å². The topological polar surface area (TPSA) is 66.6 Å². The number of hydrogen-bond donors (Lipinski definition) is 2. The van der Waals surface area contributed by atoms with E-state index >= 15 is 0 Å². The Morgan fingerprint density at radius 2 is 2.06 bits per heavy atom. The van der Waals surface area contributed by atoms with Crippen molar-refractivity contribution >= 4 is 34.8 Å². The van der Waals surface area contributed by atoms with Gasteiger partial charge in [-0.25, -0.2) is 0 Å². The van der Waals surface area contributed by atoms with Crippen LogP contribution in [-0.2, 0) is 0 Å². The van der Waals surface area contributed by atoms with E-state index in [9.17, 15) is 4.79 Å². The van der Waals surface area contributed by atoms with E-state index in [-0.39, 0.29) is 34.2 Å². The Bertz CT molecular complexity index is 456. The average Bonchev–Trinajstić information content (AvgIpc) is 2.83. The lowest BCUT2D eigenvalue weighted by molar-refractivity contribution is 0.0782. The predicted octanol–water partition coefficient (Wildman–Crippen LogP) is 2.03. The van der Waals surface area contributed by atoms with Crippen LogP contribution in [0.3, 0.4) is 0 Å². The van der Waals surface area contributed by atoms with Gasteiger partial charge in [-0.2, -0.15) is 0 Å². The molecule has 1 fully saturated rings. The van der Waals surface area contributed by atoms with Crippen LogP contribution in [0.25, 0.3) is 0 Å². The lowest BCUT2D eigenvalue weighted by atomic mass is 10.1. The van der Waals surface area contributed by atoms with Gasteiger partial charge in [0.2, 0.25) is 0 Å². The summed E-state index contributed by atoms with van der Waals surface area (Å²) in [6.07, 6.45) is 0.818. The molecule has 0 spiro atoms. The molecular formula is C12H14Cl2N2O2. The zero-order chi connectivity index (χ0) is 13.3. The standard InChI is InChI=1S/C12H14Cl2N2O2/c13-9-3-8(4-10(14)11(9)15)12(18)16-2-1-7(5-16)6-17/h3-4,7,17H,1-2,5-6,15H2. The molecule has 0 aliphatic carbocycles. The van der Waals surface area contributed by atoms with E-state index in [1.54, 1.807) is 4.90 Å². The third-order valence-corrected chi connectivity index (χ3v) is 3.78. The highest BCUT2D eigenvalue weighted by atomic mass is 35.5. The highest BCUT2D eigenvalue weighted by Crippen LogP contribution is 2.30. The molecule has 4 nitrogen and oxygen atoms in total. The maximum Gasteiger partial charge on any atom is 0.253 e. The first-order valence-electron chi connectivity index (χ1n) is 5.67. The van der Waals surface area contributed by atoms with Gasteiger partial charge in [-0.3, -0.25) is 4.79 Å². The molecule has 1 heterocycles. The quantitative estimate of drug-likeness (QED) is 0.819. The Morgan fingerprint density at radius 3 is 2.56 bits per heavy atom. The fourth-order valence-corrected chi connectivity index (χ4v) is 2.54. The highest BCUT2D eigenvalue weighted by Gasteiger charge is 2.26. The number of aliphatic hydroxyl groups is 1. The molecule has 1 unspecified atom stereocenters. The van der Waals surface area contributed by atoms with E-state index in [1.807, 2.05) is 0 Å². The van der Waals surface area contributed by atoms with Gasteiger partial charge >= 0.3 is 0 Å². The Hall–Kier alpha value is -0.970. The van der Waals surface area contributed by atoms with Gasteiger partial charge in [0.05, 0.1) is 15.7 Å². The summed E-state index contributed by atoms with van der Waals surface area (Å²) in [6.45, 7) is 1.31. The van der Waals surface area contributed by atoms with Crippen molar-refractivity contribution < 1.29 is 9.90 Å². The maximum atomic E-state index is 12.2. The van der Waals surface area contributed by atoms with Crippen molar-refractivity contribution in [2.24, 2.45) is 5.92 Å². The molecule has 1 aliphatic heterocycles. The predicted molar refractivity (Wildman–Crippen MR) is 72.0 cm³/mol. The number of benzene rings is 1. The monoisotopic (exact) mass is 288 g/mol. The lowest BCUT2D eigenvalue weighted by Crippen LogP contribution is -2.29. The van der Waals surface area contributed by atoms with E-state index in [0.29, 0.717) is 18.7 Å². The van der Waals surface area contributed by atoms with Crippen LogP contribution in [-0.4, -0.2) is 35.6 Å². The van der Waals surface area contributed by atoms with Crippen molar-refractivity contribution in [2.45, 2.75) is 6.42 Å². The fourth-order valence-electron chi connectivity index (χ4n) is 2.06. The summed E-state index contributed by atoms with van der Waals surface area (Å²) < 4.78 is 0. The minimum atomic E-state index is -0.130. The van der Waals surface area contributed by atoms with Gasteiger partial charge in [0.1, 0.15) is 0 Å². The molecular weight excluding hydrogens is 275 g/mol. The Kier molecular flexibility index (Phi) is 4.00. The zero-order valence-electron chi connectivity index (χ0n) is 9.70. The molecule has 6 heteroatoms. The zero-order valence-corrected chi connectivity index (χ0v) is 11.2. The van der Waals surface area contributed by atoms with Crippen LogP contribution in [0.4, 0.5) is 5.69 Å². The van der Waals surface area contributed by atoms with Crippen LogP contribution in [0.1, 0.15) is 16.8 Å². The largest absolute Gasteiger partial charge is 0.396 e. The van der Waals surface area contributed by atoms with Crippen molar-refractivity contribution in [2.75, 3.05) is 25.4 Å². The van der Waals surface area contributed by atoms with Crippen LogP contribution >= 0.6 is 23.2 Å². The number of anilines is 1. The van der Waals surface area contributed by atoms with Crippen molar-refractivity contribution in [3.8, 4) is 0 Å². The van der Waals surface area contributed by atoms with E-state index in [4.69, 9.17) is 34.0 Å². The number of aliphatic hydroxyl groups excluding tert-OH is 1. The molecule has 98 valence electrons. The number of carbonyl (C=O) groups is 1. The first-order valence-corrected chi connectivity index (χ1v) is 6.43. The molecule has 2 rings (SSSR count). The third-order valence-electron chi connectivity index (χ3n) is 3.16. The summed E-state index contributed by atoms with van der Waals surface area (Å²) in [6, 6.07) is 3.05. The molecule has 0 aromatic heterocycles. The van der Waals surface area contributed by atoms with Crippen LogP contribution in [0, 0.1) is 5.92 Å². The molecule has 1 aromatic rings. The summed E-state index contributed by atoms with van der Waals surface area (Å²) in [5, 5.41) is 9.63. The molecule has 0 radical (unpaired) electrons. The number of nitrogens with two attached hydrogens (primary N) is 1. The Balaban J connectivity index is 2.19. The molecule has 3 N–H and O–H groups in total. The molecule has 1 amide bonds. The lowest BCUT2D eigenvalue weighted by Gasteiger charge is -2.17. The number of carbonyl (C=O) groups excluding carboxylic acids is 1. The molecule has 18 heavy (non-hydrogen) atoms. The van der Waals surface area contributed by atoms with Crippen LogP contribution in [0.2, 0.25) is 10.0 Å². The van der Waals surface area contributed by atoms with E-state index in [2.05, 4.69) is 0 Å². The number of amides is 1. The molecule has 1 aliphatic rings. The van der Waals surface area contributed by atoms with Gasteiger partial charge in [0.25, 0.3) is 5.91 Å². The van der Waals surface area contributed by atoms with E-state index in [1.165, 1.54) is 12.1 Å². The fraction of sp³-hybridized carbons (Fsp3) is 0.417. The van der Waals surface area contributed by atoms with Crippen LogP contribution in [0.15, 0.2) is 12.1 Å². The van der Waals surface area contributed by atoms with Crippen molar-refractivity contribution in [1.29, 1.82) is 0 Å². The first kappa shape index (κ1) is 13.5. The summed E-state index contributed by atoms with van der Waals surface area (Å²) >= 11 is 11.8. The summed E-state index contributed by atoms with van der Waals surface area (Å²) in [7, 11) is 0. The SMILES string of the molecule is Nc1c(Cl)cc(C(=O)N2CCC(CO)C2)cc1Cl. The number of likely N-dealkylation sites (tertiary alicyclic amines) is 1. The minimum absolute atomic E-state index is 0.104. The maximum absolute atomic E-state index is 12.2. The van der Waals surface area contributed by atoms with Crippen LogP contribution in [0.5, 0.6) is 0 Å². The van der Waals surface area contributed by atoms with E-state index in [0.717, 1.165) is 6.42 Å². The summed E-state index contributed by atoms with van der Waals surface area (Å²) in [5.41, 5.74) is 6.34. The Labute approximate surface area is 115 Å². The smallest absolute Gasteiger partial charge is 0.253 e. The normalized spacial score (nSPS) is 19.3. The van der Waals surface area contributed by atoms with Crippen molar-refractivity contribution in [3.63, 3.8) is 0 Å². The molecule has 1 aromatic carbocycles. The number of nitrogen functional groups attached to an aromatic ring is 1. The molecule has 0 saturated carbocycles. The summed E-state index contributed by atoms with van der Waals surface area (Å²) in [5.74, 6) is 0.0309. The first-order chi connectivity index (χ1) is 8.52. The van der Waals surface area contributed by atoms with Gasteiger partial charge < -0.3 is 15.7 Å². The highest BCUT2D eigenvalue weighted by molar-refractivity contribution is 6.39. The molecule has 1 saturated heterocycles. The van der Waals surface area contributed by atoms with Gasteiger partial charge in [0.15, 0.2) is 0 Å². The number of nitrogens with zero attached hydrogens (tertiary/aromatic N) is 1. The molecule has 1 atom stereocenters. The second-order valence-electron chi connectivity index (χ2n) is 4.44. The average molecular weight is 289 g/mol. The number of rotatable bonds is 2. The van der Waals surface area contributed by atoms with Gasteiger partial charge in [-0.05, 0) is 18.6 Å². The van der Waals surface area contributed by atoms with Crippen molar-refractivity contribution in [1.82, 2.24) is 4.90 Å². The van der Waals surface area contributed by atoms with Gasteiger partial charge in [0, 0.05) is 31.2 Å².